The fourth-order valence-electron chi connectivity index (χ4n) is 3.40. The first-order valence-electron chi connectivity index (χ1n) is 9.40. The van der Waals surface area contributed by atoms with Gasteiger partial charge in [0.15, 0.2) is 11.5 Å². The van der Waals surface area contributed by atoms with E-state index in [2.05, 4.69) is 9.97 Å². The van der Waals surface area contributed by atoms with E-state index in [9.17, 15) is 0 Å². The summed E-state index contributed by atoms with van der Waals surface area (Å²) in [6, 6.07) is 19.6. The van der Waals surface area contributed by atoms with E-state index in [1.165, 1.54) is 0 Å². The van der Waals surface area contributed by atoms with Crippen LogP contribution < -0.4 is 5.73 Å². The molecule has 0 aliphatic heterocycles. The summed E-state index contributed by atoms with van der Waals surface area (Å²) in [4.78, 5) is 18.2. The number of nitrogen functional groups attached to an aromatic ring is 1. The minimum absolute atomic E-state index is 0.416. The number of pyridine rings is 3. The highest BCUT2D eigenvalue weighted by atomic mass is 35.5. The first kappa shape index (κ1) is 18.3. The minimum Gasteiger partial charge on any atom is -0.383 e. The van der Waals surface area contributed by atoms with Crippen molar-refractivity contribution in [3.63, 3.8) is 0 Å². The molecule has 0 unspecified atom stereocenters. The summed E-state index contributed by atoms with van der Waals surface area (Å²) >= 11 is 5.97. The van der Waals surface area contributed by atoms with Gasteiger partial charge < -0.3 is 5.73 Å². The van der Waals surface area contributed by atoms with Crippen LogP contribution in [-0.4, -0.2) is 24.5 Å². The van der Waals surface area contributed by atoms with Crippen molar-refractivity contribution >= 4 is 28.6 Å². The number of rotatable bonds is 4. The summed E-state index contributed by atoms with van der Waals surface area (Å²) in [5, 5.41) is 0. The molecule has 30 heavy (non-hydrogen) atoms. The number of benzene rings is 1. The molecule has 4 heterocycles. The van der Waals surface area contributed by atoms with Gasteiger partial charge >= 0.3 is 0 Å². The Morgan fingerprint density at radius 3 is 2.47 bits per heavy atom. The summed E-state index contributed by atoms with van der Waals surface area (Å²) in [5.41, 5.74) is 12.1. The lowest BCUT2D eigenvalue weighted by Crippen LogP contribution is -2.02. The Balaban J connectivity index is 1.79. The van der Waals surface area contributed by atoms with Crippen molar-refractivity contribution < 1.29 is 0 Å². The van der Waals surface area contributed by atoms with Crippen molar-refractivity contribution in [2.75, 3.05) is 5.73 Å². The van der Waals surface area contributed by atoms with Crippen molar-refractivity contribution in [2.24, 2.45) is 0 Å². The Morgan fingerprint density at radius 1 is 0.900 bits per heavy atom. The van der Waals surface area contributed by atoms with Crippen molar-refractivity contribution in [2.45, 2.75) is 5.88 Å². The van der Waals surface area contributed by atoms with E-state index in [1.54, 1.807) is 18.6 Å². The maximum absolute atomic E-state index is 6.18. The fraction of sp³-hybridized carbons (Fsp3) is 0.0435. The van der Waals surface area contributed by atoms with Gasteiger partial charge in [-0.2, -0.15) is 0 Å². The molecule has 146 valence electrons. The monoisotopic (exact) mass is 412 g/mol. The molecule has 6 nitrogen and oxygen atoms in total. The lowest BCUT2D eigenvalue weighted by Gasteiger charge is -2.11. The zero-order chi connectivity index (χ0) is 20.5. The molecule has 0 aliphatic rings. The number of hydrogen-bond acceptors (Lipinski definition) is 5. The second-order valence-electron chi connectivity index (χ2n) is 6.79. The van der Waals surface area contributed by atoms with Gasteiger partial charge in [-0.3, -0.25) is 9.55 Å². The summed E-state index contributed by atoms with van der Waals surface area (Å²) in [6.07, 6.45) is 5.21. The summed E-state index contributed by atoms with van der Waals surface area (Å²) in [5.74, 6) is 1.56. The Hall–Kier alpha value is -3.77. The molecule has 0 amide bonds. The predicted molar refractivity (Wildman–Crippen MR) is 119 cm³/mol. The first-order valence-corrected chi connectivity index (χ1v) is 9.94. The highest BCUT2D eigenvalue weighted by molar-refractivity contribution is 6.17. The largest absolute Gasteiger partial charge is 0.383 e. The Kier molecular flexibility index (Phi) is 4.61. The molecule has 0 aliphatic carbocycles. The predicted octanol–water partition coefficient (Wildman–Crippen LogP) is 4.87. The van der Waals surface area contributed by atoms with Gasteiger partial charge in [0, 0.05) is 35.7 Å². The molecule has 2 N–H and O–H groups in total. The number of nitrogens with two attached hydrogens (primary N) is 1. The van der Waals surface area contributed by atoms with E-state index in [0.717, 1.165) is 39.2 Å². The highest BCUT2D eigenvalue weighted by Crippen LogP contribution is 2.31. The minimum atomic E-state index is 0.416. The van der Waals surface area contributed by atoms with Gasteiger partial charge in [0.2, 0.25) is 0 Å². The summed E-state index contributed by atoms with van der Waals surface area (Å²) in [7, 11) is 0. The molecule has 0 spiro atoms. The van der Waals surface area contributed by atoms with Gasteiger partial charge in [0.25, 0.3) is 0 Å². The van der Waals surface area contributed by atoms with Crippen LogP contribution in [0.4, 0.5) is 5.82 Å². The van der Waals surface area contributed by atoms with Crippen LogP contribution in [0, 0.1) is 0 Å². The molecule has 0 fully saturated rings. The lowest BCUT2D eigenvalue weighted by molar-refractivity contribution is 1.07. The van der Waals surface area contributed by atoms with Crippen LogP contribution in [-0.2, 0) is 5.88 Å². The average molecular weight is 413 g/mol. The van der Waals surface area contributed by atoms with Gasteiger partial charge in [0.1, 0.15) is 11.3 Å². The standard InChI is InChI=1S/C23H17ClN6/c24-13-15-5-7-17(8-6-15)30-22(18-4-2-12-27-21(18)25)29-20-10-9-19(28-23(20)30)16-3-1-11-26-14-16/h1-12,14H,13H2,(H2,25,27). The van der Waals surface area contributed by atoms with Crippen LogP contribution in [0.5, 0.6) is 0 Å². The van der Waals surface area contributed by atoms with E-state index in [-0.39, 0.29) is 0 Å². The maximum Gasteiger partial charge on any atom is 0.165 e. The highest BCUT2D eigenvalue weighted by Gasteiger charge is 2.18. The number of anilines is 1. The Bertz CT molecular complexity index is 1330. The van der Waals surface area contributed by atoms with Crippen molar-refractivity contribution in [1.82, 2.24) is 24.5 Å². The van der Waals surface area contributed by atoms with Gasteiger partial charge in [-0.1, -0.05) is 12.1 Å². The third kappa shape index (κ3) is 3.17. The van der Waals surface area contributed by atoms with Crippen LogP contribution in [0.2, 0.25) is 0 Å². The van der Waals surface area contributed by atoms with E-state index in [4.69, 9.17) is 27.3 Å². The second-order valence-corrected chi connectivity index (χ2v) is 7.06. The number of halogens is 1. The van der Waals surface area contributed by atoms with Gasteiger partial charge in [-0.25, -0.2) is 15.0 Å². The third-order valence-corrected chi connectivity index (χ3v) is 5.20. The normalized spacial score (nSPS) is 11.1. The van der Waals surface area contributed by atoms with E-state index in [0.29, 0.717) is 17.5 Å². The molecule has 4 aromatic heterocycles. The molecule has 7 heteroatoms. The third-order valence-electron chi connectivity index (χ3n) is 4.89. The van der Waals surface area contributed by atoms with Crippen LogP contribution in [0.3, 0.4) is 0 Å². The first-order chi connectivity index (χ1) is 14.7. The van der Waals surface area contributed by atoms with Crippen LogP contribution in [0.15, 0.2) is 79.3 Å². The van der Waals surface area contributed by atoms with Crippen LogP contribution >= 0.6 is 11.6 Å². The molecular weight excluding hydrogens is 396 g/mol. The molecule has 0 saturated heterocycles. The van der Waals surface area contributed by atoms with Crippen molar-refractivity contribution in [3.8, 4) is 28.3 Å². The second kappa shape index (κ2) is 7.57. The number of hydrogen-bond donors (Lipinski definition) is 1. The van der Waals surface area contributed by atoms with E-state index < -0.39 is 0 Å². The van der Waals surface area contributed by atoms with Crippen molar-refractivity contribution in [3.05, 3.63) is 84.8 Å². The molecule has 5 aromatic rings. The van der Waals surface area contributed by atoms with Crippen LogP contribution in [0.25, 0.3) is 39.5 Å². The maximum atomic E-state index is 6.18. The topological polar surface area (TPSA) is 82.5 Å². The van der Waals surface area contributed by atoms with Gasteiger partial charge in [-0.15, -0.1) is 11.6 Å². The summed E-state index contributed by atoms with van der Waals surface area (Å²) in [6.45, 7) is 0. The zero-order valence-electron chi connectivity index (χ0n) is 15.9. The SMILES string of the molecule is Nc1ncccc1-c1nc2ccc(-c3cccnc3)nc2n1-c1ccc(CCl)cc1. The fourth-order valence-corrected chi connectivity index (χ4v) is 3.58. The van der Waals surface area contributed by atoms with E-state index in [1.807, 2.05) is 65.2 Å². The average Bonchev–Trinajstić information content (AvgIpc) is 3.18. The Labute approximate surface area is 178 Å². The quantitative estimate of drug-likeness (QED) is 0.426. The van der Waals surface area contributed by atoms with Crippen LogP contribution in [0.1, 0.15) is 5.56 Å². The number of aromatic nitrogens is 5. The summed E-state index contributed by atoms with van der Waals surface area (Å²) < 4.78 is 2.00. The number of nitrogens with zero attached hydrogens (tertiary/aromatic N) is 5. The number of imidazole rings is 1. The van der Waals surface area contributed by atoms with Crippen molar-refractivity contribution in [1.29, 1.82) is 0 Å². The number of alkyl halides is 1. The number of fused-ring (bicyclic) bond motifs is 1. The zero-order valence-corrected chi connectivity index (χ0v) is 16.7. The molecular formula is C23H17ClN6. The molecule has 0 radical (unpaired) electrons. The lowest BCUT2D eigenvalue weighted by atomic mass is 10.2. The Morgan fingerprint density at radius 2 is 1.73 bits per heavy atom. The van der Waals surface area contributed by atoms with Gasteiger partial charge in [0.05, 0.1) is 11.3 Å². The molecule has 0 bridgehead atoms. The smallest absolute Gasteiger partial charge is 0.165 e. The molecule has 5 rings (SSSR count). The van der Waals surface area contributed by atoms with Gasteiger partial charge in [-0.05, 0) is 54.1 Å². The molecule has 1 aromatic carbocycles. The van der Waals surface area contributed by atoms with E-state index >= 15 is 0 Å². The molecule has 0 atom stereocenters. The molecule has 0 saturated carbocycles.